The number of rotatable bonds is 6. The molecule has 1 aliphatic heterocycles. The number of ether oxygens (including phenoxy) is 2. The summed E-state index contributed by atoms with van der Waals surface area (Å²) in [6.45, 7) is 11.7. The SMILES string of the molecule is CCOC(=O)C1=C(C)N=c2s/c(=C/c3cc(C)n(-c4sc(C)c(C)c4C#N)c3C)c(=O)n2[C@H]1c1ccc(OC)c(Br)c1. The van der Waals surface area contributed by atoms with Gasteiger partial charge in [0.1, 0.15) is 16.8 Å². The molecule has 4 heterocycles. The van der Waals surface area contributed by atoms with Crippen LogP contribution >= 0.6 is 38.6 Å². The molecular formula is C31H29BrN4O4S2. The predicted molar refractivity (Wildman–Crippen MR) is 168 cm³/mol. The van der Waals surface area contributed by atoms with Crippen LogP contribution in [0, 0.1) is 39.0 Å². The Hall–Kier alpha value is -3.72. The number of nitriles is 1. The Bertz CT molecular complexity index is 2020. The number of carbonyl (C=O) groups is 1. The zero-order chi connectivity index (χ0) is 30.5. The van der Waals surface area contributed by atoms with Crippen molar-refractivity contribution in [1.29, 1.82) is 5.26 Å². The molecule has 0 unspecified atom stereocenters. The third kappa shape index (κ3) is 4.87. The lowest BCUT2D eigenvalue weighted by molar-refractivity contribution is -0.139. The third-order valence-corrected chi connectivity index (χ3v) is 10.2. The van der Waals surface area contributed by atoms with E-state index in [1.807, 2.05) is 52.0 Å². The Balaban J connectivity index is 1.71. The molecule has 3 aromatic heterocycles. The highest BCUT2D eigenvalue weighted by atomic mass is 79.9. The first-order valence-electron chi connectivity index (χ1n) is 13.2. The van der Waals surface area contributed by atoms with E-state index in [1.165, 1.54) is 11.3 Å². The van der Waals surface area contributed by atoms with Gasteiger partial charge in [-0.05, 0) is 98.4 Å². The van der Waals surface area contributed by atoms with Gasteiger partial charge in [0.25, 0.3) is 5.56 Å². The summed E-state index contributed by atoms with van der Waals surface area (Å²) in [5.41, 5.74) is 5.70. The van der Waals surface area contributed by atoms with Gasteiger partial charge in [-0.1, -0.05) is 17.4 Å². The molecule has 0 bridgehead atoms. The van der Waals surface area contributed by atoms with E-state index in [9.17, 15) is 14.9 Å². The highest BCUT2D eigenvalue weighted by Gasteiger charge is 2.33. The molecule has 1 aromatic carbocycles. The zero-order valence-corrected chi connectivity index (χ0v) is 27.5. The fraction of sp³-hybridized carbons (Fsp3) is 0.290. The molecule has 0 saturated heterocycles. The maximum Gasteiger partial charge on any atom is 0.338 e. The van der Waals surface area contributed by atoms with Gasteiger partial charge in [0.05, 0.1) is 45.6 Å². The number of aromatic nitrogens is 2. The lowest BCUT2D eigenvalue weighted by Crippen LogP contribution is -2.40. The number of halogens is 1. The van der Waals surface area contributed by atoms with Gasteiger partial charge in [-0.2, -0.15) is 5.26 Å². The number of hydrogen-bond donors (Lipinski definition) is 0. The van der Waals surface area contributed by atoms with E-state index in [4.69, 9.17) is 9.47 Å². The Morgan fingerprint density at radius 3 is 2.57 bits per heavy atom. The second-order valence-electron chi connectivity index (χ2n) is 9.93. The minimum absolute atomic E-state index is 0.200. The molecule has 0 amide bonds. The van der Waals surface area contributed by atoms with Crippen LogP contribution < -0.4 is 19.6 Å². The highest BCUT2D eigenvalue weighted by Crippen LogP contribution is 2.36. The van der Waals surface area contributed by atoms with Crippen LogP contribution in [0.4, 0.5) is 0 Å². The van der Waals surface area contributed by atoms with Gasteiger partial charge in [0.15, 0.2) is 4.80 Å². The van der Waals surface area contributed by atoms with Crippen LogP contribution in [0.5, 0.6) is 5.75 Å². The Morgan fingerprint density at radius 2 is 1.93 bits per heavy atom. The molecule has 1 aliphatic rings. The van der Waals surface area contributed by atoms with Gasteiger partial charge in [0.2, 0.25) is 0 Å². The largest absolute Gasteiger partial charge is 0.496 e. The van der Waals surface area contributed by atoms with Crippen LogP contribution in [0.25, 0.3) is 11.1 Å². The number of carbonyl (C=O) groups excluding carboxylic acids is 1. The molecule has 8 nitrogen and oxygen atoms in total. The Morgan fingerprint density at radius 1 is 1.19 bits per heavy atom. The number of allylic oxidation sites excluding steroid dienone is 1. The molecule has 0 radical (unpaired) electrons. The van der Waals surface area contributed by atoms with Crippen molar-refractivity contribution in [2.75, 3.05) is 13.7 Å². The molecule has 42 heavy (non-hydrogen) atoms. The molecule has 1 atom stereocenters. The number of esters is 1. The predicted octanol–water partition coefficient (Wildman–Crippen LogP) is 5.53. The van der Waals surface area contributed by atoms with Gasteiger partial charge in [-0.25, -0.2) is 9.79 Å². The number of thiazole rings is 1. The number of methoxy groups -OCH3 is 1. The summed E-state index contributed by atoms with van der Waals surface area (Å²) in [7, 11) is 1.58. The second kappa shape index (κ2) is 11.5. The van der Waals surface area contributed by atoms with Crippen LogP contribution in [0.15, 0.2) is 49.8 Å². The third-order valence-electron chi connectivity index (χ3n) is 7.45. The first-order valence-corrected chi connectivity index (χ1v) is 15.7. The van der Waals surface area contributed by atoms with Crippen molar-refractivity contribution in [3.05, 3.63) is 98.2 Å². The quantitative estimate of drug-likeness (QED) is 0.253. The standard InChI is InChI=1S/C31H29BrN4O4S2/c1-8-40-30(38)26-17(4)34-31-36(27(26)20-9-10-24(39-7)23(32)12-20)28(37)25(42-31)13-21-11-15(2)35(18(21)5)29-22(14-33)16(3)19(6)41-29/h9-13,27H,8H2,1-7H3/b25-13+/t27-/m0/s1. The molecule has 216 valence electrons. The van der Waals surface area contributed by atoms with Crippen molar-refractivity contribution in [1.82, 2.24) is 9.13 Å². The van der Waals surface area contributed by atoms with E-state index >= 15 is 0 Å². The van der Waals surface area contributed by atoms with Crippen molar-refractivity contribution in [3.63, 3.8) is 0 Å². The number of fused-ring (bicyclic) bond motifs is 1. The molecule has 11 heteroatoms. The molecule has 0 fully saturated rings. The fourth-order valence-electron chi connectivity index (χ4n) is 5.25. The molecule has 0 aliphatic carbocycles. The second-order valence-corrected chi connectivity index (χ2v) is 13.0. The van der Waals surface area contributed by atoms with Crippen molar-refractivity contribution in [2.45, 2.75) is 47.6 Å². The van der Waals surface area contributed by atoms with Crippen LogP contribution in [0.3, 0.4) is 0 Å². The van der Waals surface area contributed by atoms with Crippen molar-refractivity contribution >= 4 is 50.6 Å². The van der Waals surface area contributed by atoms with E-state index in [1.54, 1.807) is 42.9 Å². The molecule has 0 N–H and O–H groups in total. The molecule has 4 aromatic rings. The van der Waals surface area contributed by atoms with Crippen LogP contribution in [-0.2, 0) is 9.53 Å². The summed E-state index contributed by atoms with van der Waals surface area (Å²) in [6, 6.07) is 9.14. The van der Waals surface area contributed by atoms with Gasteiger partial charge < -0.3 is 14.0 Å². The maximum absolute atomic E-state index is 14.1. The summed E-state index contributed by atoms with van der Waals surface area (Å²) < 4.78 is 15.6. The average Bonchev–Trinajstić information content (AvgIpc) is 3.51. The first kappa shape index (κ1) is 29.8. The maximum atomic E-state index is 14.1. The van der Waals surface area contributed by atoms with E-state index in [-0.39, 0.29) is 12.2 Å². The fourth-order valence-corrected chi connectivity index (χ4v) is 8.06. The smallest absolute Gasteiger partial charge is 0.338 e. The van der Waals surface area contributed by atoms with Gasteiger partial charge in [-0.3, -0.25) is 9.36 Å². The number of benzene rings is 1. The van der Waals surface area contributed by atoms with E-state index in [0.717, 1.165) is 38.0 Å². The number of thiophene rings is 1. The lowest BCUT2D eigenvalue weighted by atomic mass is 9.96. The molecular weight excluding hydrogens is 636 g/mol. The van der Waals surface area contributed by atoms with Gasteiger partial charge in [0, 0.05) is 16.3 Å². The zero-order valence-electron chi connectivity index (χ0n) is 24.3. The normalized spacial score (nSPS) is 14.9. The van der Waals surface area contributed by atoms with Crippen LogP contribution in [0.2, 0.25) is 0 Å². The Labute approximate surface area is 259 Å². The summed E-state index contributed by atoms with van der Waals surface area (Å²) in [4.78, 5) is 33.6. The summed E-state index contributed by atoms with van der Waals surface area (Å²) in [5.74, 6) is 0.124. The van der Waals surface area contributed by atoms with Crippen molar-refractivity contribution in [3.8, 4) is 16.8 Å². The minimum atomic E-state index is -0.729. The molecule has 5 rings (SSSR count). The van der Waals surface area contributed by atoms with Gasteiger partial charge in [-0.15, -0.1) is 11.3 Å². The average molecular weight is 666 g/mol. The lowest BCUT2D eigenvalue weighted by Gasteiger charge is -2.25. The van der Waals surface area contributed by atoms with Crippen LogP contribution in [-0.4, -0.2) is 28.8 Å². The van der Waals surface area contributed by atoms with Crippen molar-refractivity contribution < 1.29 is 14.3 Å². The first-order chi connectivity index (χ1) is 20.0. The van der Waals surface area contributed by atoms with E-state index in [2.05, 4.69) is 31.6 Å². The van der Waals surface area contributed by atoms with Crippen molar-refractivity contribution in [2.24, 2.45) is 4.99 Å². The summed E-state index contributed by atoms with van der Waals surface area (Å²) >= 11 is 6.41. The monoisotopic (exact) mass is 664 g/mol. The summed E-state index contributed by atoms with van der Waals surface area (Å²) in [6.07, 6.45) is 1.87. The Kier molecular flexibility index (Phi) is 8.16. The topological polar surface area (TPSA) is 98.6 Å². The molecule has 0 saturated carbocycles. The number of hydrogen-bond acceptors (Lipinski definition) is 8. The molecule has 0 spiro atoms. The summed E-state index contributed by atoms with van der Waals surface area (Å²) in [5, 5.41) is 10.7. The number of aryl methyl sites for hydroxylation is 2. The van der Waals surface area contributed by atoms with E-state index in [0.29, 0.717) is 36.4 Å². The van der Waals surface area contributed by atoms with Crippen LogP contribution in [0.1, 0.15) is 58.4 Å². The van der Waals surface area contributed by atoms with E-state index < -0.39 is 12.0 Å². The number of nitrogens with zero attached hydrogens (tertiary/aromatic N) is 4. The van der Waals surface area contributed by atoms with Gasteiger partial charge >= 0.3 is 5.97 Å². The minimum Gasteiger partial charge on any atom is -0.496 e. The highest BCUT2D eigenvalue weighted by molar-refractivity contribution is 9.10.